The van der Waals surface area contributed by atoms with Gasteiger partial charge in [0, 0.05) is 56.8 Å². The van der Waals surface area contributed by atoms with Gasteiger partial charge in [-0.05, 0) is 110 Å². The molecular formula is C57H48Cl3F6N15O9S6. The van der Waals surface area contributed by atoms with Gasteiger partial charge in [0.2, 0.25) is 17.7 Å². The van der Waals surface area contributed by atoms with Crippen LogP contribution >= 0.6 is 68.8 Å². The van der Waals surface area contributed by atoms with Crippen LogP contribution in [0.25, 0.3) is 31.7 Å². The Balaban J connectivity index is 0.000000157. The molecule has 0 saturated carbocycles. The quantitative estimate of drug-likeness (QED) is 0.0620. The molecule has 39 heteroatoms. The Kier molecular flexibility index (Phi) is 22.0. The lowest BCUT2D eigenvalue weighted by atomic mass is 10.1. The van der Waals surface area contributed by atoms with Crippen LogP contribution in [0, 0.1) is 34.9 Å². The number of carbonyl (C=O) groups is 3. The normalized spacial score (nSPS) is 20.8. The van der Waals surface area contributed by atoms with Gasteiger partial charge in [-0.25, -0.2) is 41.3 Å². The van der Waals surface area contributed by atoms with Gasteiger partial charge >= 0.3 is 0 Å². The largest absolute Gasteiger partial charge is 0.325 e. The van der Waals surface area contributed by atoms with E-state index in [1.54, 1.807) is 0 Å². The Bertz CT molecular complexity index is 4280. The fraction of sp³-hybridized carbons (Fsp3) is 0.211. The summed E-state index contributed by atoms with van der Waals surface area (Å²) in [5.74, 6) is -5.12. The molecule has 9 aromatic rings. The monoisotopic (exact) mass is 1500 g/mol. The van der Waals surface area contributed by atoms with Crippen molar-refractivity contribution in [3.05, 3.63) is 193 Å². The topological polar surface area (TPSA) is 313 Å². The summed E-state index contributed by atoms with van der Waals surface area (Å²) in [6, 6.07) is 13.9. The van der Waals surface area contributed by atoms with E-state index in [9.17, 15) is 66.0 Å². The minimum Gasteiger partial charge on any atom is -0.325 e. The summed E-state index contributed by atoms with van der Waals surface area (Å²) in [5.41, 5.74) is 2.19. The first-order valence-corrected chi connectivity index (χ1v) is 35.6. The zero-order valence-corrected chi connectivity index (χ0v) is 56.4. The van der Waals surface area contributed by atoms with Gasteiger partial charge in [-0.2, -0.15) is 52.3 Å². The van der Waals surface area contributed by atoms with E-state index in [4.69, 9.17) is 34.8 Å². The number of nitrogens with zero attached hydrogens (tertiary/aromatic N) is 9. The van der Waals surface area contributed by atoms with Crippen molar-refractivity contribution in [1.82, 2.24) is 57.0 Å². The third kappa shape index (κ3) is 16.9. The number of likely N-dealkylation sites (N-methyl/N-ethyl adjacent to an activating group) is 3. The molecular weight excluding hydrogens is 1450 g/mol. The second kappa shape index (κ2) is 29.7. The van der Waals surface area contributed by atoms with Crippen molar-refractivity contribution in [3.8, 4) is 31.7 Å². The van der Waals surface area contributed by atoms with Crippen LogP contribution in [0.4, 0.5) is 43.4 Å². The van der Waals surface area contributed by atoms with Crippen molar-refractivity contribution in [2.75, 3.05) is 37.1 Å². The number of benzene rings is 3. The van der Waals surface area contributed by atoms with Gasteiger partial charge in [-0.1, -0.05) is 34.8 Å². The molecule has 6 atom stereocenters. The third-order valence-corrected chi connectivity index (χ3v) is 23.6. The molecule has 24 nitrogen and oxygen atoms in total. The highest BCUT2D eigenvalue weighted by molar-refractivity contribution is 7.87. The summed E-state index contributed by atoms with van der Waals surface area (Å²) in [7, 11) is -8.09. The number of nitrogens with one attached hydrogen (secondary N) is 6. The standard InChI is InChI=1S/3C19H16ClF2N5O3S2/c3*1-27-16(18(28)25-11-3-4-13(22)12(20)6-11)7-15(26-32(27,29)30)19-24-9-17(31-19)14-5-2-10(21)8-23-14/h3*2-6,8-9,15-16,26H,7H2,1H3,(H,25,28)/t2*15-,16+;/m10./s1. The average molecular weight is 1500 g/mol. The Morgan fingerprint density at radius 2 is 0.677 bits per heavy atom. The van der Waals surface area contributed by atoms with E-state index in [0.717, 1.165) is 49.7 Å². The molecule has 0 bridgehead atoms. The molecule has 3 aliphatic rings. The first-order chi connectivity index (χ1) is 45.4. The van der Waals surface area contributed by atoms with E-state index in [-0.39, 0.29) is 51.4 Å². The van der Waals surface area contributed by atoms with Gasteiger partial charge in [-0.3, -0.25) is 29.3 Å². The third-order valence-electron chi connectivity index (χ3n) is 14.6. The van der Waals surface area contributed by atoms with Crippen molar-refractivity contribution in [2.24, 2.45) is 0 Å². The fourth-order valence-corrected chi connectivity index (χ4v) is 16.9. The highest BCUT2D eigenvalue weighted by Crippen LogP contribution is 2.38. The molecule has 12 rings (SSSR count). The molecule has 6 aromatic heterocycles. The molecule has 6 N–H and O–H groups in total. The highest BCUT2D eigenvalue weighted by Gasteiger charge is 2.45. The van der Waals surface area contributed by atoms with E-state index in [2.05, 4.69) is 60.0 Å². The van der Waals surface area contributed by atoms with E-state index in [1.807, 2.05) is 0 Å². The van der Waals surface area contributed by atoms with Crippen molar-refractivity contribution in [1.29, 1.82) is 0 Å². The SMILES string of the molecule is CN1C(C(=O)Nc2ccc(F)c(Cl)c2)CC(c2ncc(-c3ccc(F)cn3)s2)NS1(=O)=O.CN1[C@@H](C(=O)Nc2ccc(F)c(Cl)c2)C[C@@H](c2ncc(-c3ccc(F)cn3)s2)NS1(=O)=O.CN1[C@H](C(=O)Nc2ccc(F)c(Cl)c2)C[C@H](c2ncc(-c3ccc(F)cn3)s2)NS1(=O)=O. The molecule has 0 aliphatic carbocycles. The maximum atomic E-state index is 13.4. The van der Waals surface area contributed by atoms with Crippen LogP contribution in [0.15, 0.2) is 128 Å². The Hall–Kier alpha value is -7.53. The first kappa shape index (κ1) is 71.2. The maximum Gasteiger partial charge on any atom is 0.280 e. The van der Waals surface area contributed by atoms with Crippen molar-refractivity contribution >= 4 is 134 Å². The van der Waals surface area contributed by atoms with Crippen LogP contribution in [-0.2, 0) is 45.0 Å². The van der Waals surface area contributed by atoms with E-state index in [0.29, 0.717) is 46.7 Å². The van der Waals surface area contributed by atoms with Gasteiger partial charge in [0.05, 0.1) is 83.5 Å². The lowest BCUT2D eigenvalue weighted by Gasteiger charge is -2.35. The molecule has 9 heterocycles. The average Bonchev–Trinajstić information content (AvgIpc) is 1.27. The zero-order valence-electron chi connectivity index (χ0n) is 49.3. The second-order valence-corrected chi connectivity index (χ2v) is 30.7. The number of carbonyl (C=O) groups excluding carboxylic acids is 3. The van der Waals surface area contributed by atoms with E-state index >= 15 is 0 Å². The number of amides is 3. The van der Waals surface area contributed by atoms with Gasteiger partial charge in [0.25, 0.3) is 30.6 Å². The lowest BCUT2D eigenvalue weighted by molar-refractivity contribution is -0.120. The smallest absolute Gasteiger partial charge is 0.280 e. The van der Waals surface area contributed by atoms with Crippen LogP contribution in [-0.4, -0.2) is 125 Å². The van der Waals surface area contributed by atoms with E-state index < -0.39 is 120 Å². The molecule has 3 aliphatic heterocycles. The second-order valence-electron chi connectivity index (χ2n) is 21.0. The van der Waals surface area contributed by atoms with Crippen molar-refractivity contribution < 1.29 is 66.0 Å². The van der Waals surface area contributed by atoms with Gasteiger partial charge < -0.3 is 16.0 Å². The van der Waals surface area contributed by atoms with Crippen molar-refractivity contribution in [2.45, 2.75) is 55.5 Å². The Labute approximate surface area is 570 Å². The summed E-state index contributed by atoms with van der Waals surface area (Å²) in [4.78, 5) is 65.3. The highest BCUT2D eigenvalue weighted by atomic mass is 35.5. The number of thiazole rings is 3. The molecule has 3 aromatic carbocycles. The van der Waals surface area contributed by atoms with Crippen LogP contribution in [0.2, 0.25) is 15.1 Å². The number of aromatic nitrogens is 6. The maximum absolute atomic E-state index is 13.4. The summed E-state index contributed by atoms with van der Waals surface area (Å²) in [6.45, 7) is 0. The Morgan fingerprint density at radius 3 is 0.906 bits per heavy atom. The minimum atomic E-state index is -3.98. The molecule has 2 unspecified atom stereocenters. The molecule has 3 amide bonds. The van der Waals surface area contributed by atoms with Crippen molar-refractivity contribution in [3.63, 3.8) is 0 Å². The number of rotatable bonds is 12. The van der Waals surface area contributed by atoms with Crippen LogP contribution < -0.4 is 30.1 Å². The molecule has 3 saturated heterocycles. The Morgan fingerprint density at radius 1 is 0.417 bits per heavy atom. The van der Waals surface area contributed by atoms with Gasteiger partial charge in [0.1, 0.15) is 68.1 Å². The predicted molar refractivity (Wildman–Crippen MR) is 349 cm³/mol. The number of halogens is 9. The lowest BCUT2D eigenvalue weighted by Crippen LogP contribution is -2.55. The zero-order chi connectivity index (χ0) is 69.1. The van der Waals surface area contributed by atoms with Crippen LogP contribution in [0.5, 0.6) is 0 Å². The van der Waals surface area contributed by atoms with Crippen LogP contribution in [0.3, 0.4) is 0 Å². The minimum absolute atomic E-state index is 0.0975. The summed E-state index contributed by atoms with van der Waals surface area (Å²) in [5, 5.41) is 8.51. The molecule has 0 radical (unpaired) electrons. The van der Waals surface area contributed by atoms with Gasteiger partial charge in [0.15, 0.2) is 0 Å². The molecule has 0 spiro atoms. The molecule has 504 valence electrons. The summed E-state index contributed by atoms with van der Waals surface area (Å²) < 4.78 is 166. The number of anilines is 3. The fourth-order valence-electron chi connectivity index (χ4n) is 9.49. The summed E-state index contributed by atoms with van der Waals surface area (Å²) >= 11 is 20.8. The number of hydrogen-bond acceptors (Lipinski definition) is 18. The molecule has 96 heavy (non-hydrogen) atoms. The van der Waals surface area contributed by atoms with Crippen LogP contribution in [0.1, 0.15) is 52.4 Å². The molecule has 3 fully saturated rings. The number of hydrogen-bond donors (Lipinski definition) is 6. The van der Waals surface area contributed by atoms with E-state index in [1.165, 1.54) is 147 Å². The summed E-state index contributed by atoms with van der Waals surface area (Å²) in [6.07, 6.45) is 8.08. The van der Waals surface area contributed by atoms with Gasteiger partial charge in [-0.15, -0.1) is 34.0 Å². The predicted octanol–water partition coefficient (Wildman–Crippen LogP) is 10.1. The number of pyridine rings is 3. The first-order valence-electron chi connectivity index (χ1n) is 27.7.